The lowest BCUT2D eigenvalue weighted by Crippen LogP contribution is -2.52. The van der Waals surface area contributed by atoms with E-state index in [-0.39, 0.29) is 46.9 Å². The lowest BCUT2D eigenvalue weighted by atomic mass is 9.92. The maximum absolute atomic E-state index is 13.8. The van der Waals surface area contributed by atoms with E-state index in [9.17, 15) is 14.4 Å². The van der Waals surface area contributed by atoms with Crippen molar-refractivity contribution in [3.63, 3.8) is 0 Å². The van der Waals surface area contributed by atoms with Gasteiger partial charge in [-0.1, -0.05) is 47.0 Å². The number of carbonyl (C=O) groups is 3. The molecule has 0 spiro atoms. The fourth-order valence-corrected chi connectivity index (χ4v) is 5.75. The predicted octanol–water partition coefficient (Wildman–Crippen LogP) is 4.17. The van der Waals surface area contributed by atoms with Gasteiger partial charge in [-0.05, 0) is 47.9 Å². The molecule has 3 amide bonds. The molecule has 2 aliphatic carbocycles. The van der Waals surface area contributed by atoms with Crippen molar-refractivity contribution in [2.45, 2.75) is 78.3 Å². The van der Waals surface area contributed by atoms with Crippen LogP contribution in [0.15, 0.2) is 24.3 Å². The van der Waals surface area contributed by atoms with Gasteiger partial charge in [-0.15, -0.1) is 0 Å². The molecule has 1 aliphatic heterocycles. The van der Waals surface area contributed by atoms with Gasteiger partial charge in [-0.3, -0.25) is 14.4 Å². The van der Waals surface area contributed by atoms with Crippen LogP contribution in [-0.4, -0.2) is 41.8 Å². The van der Waals surface area contributed by atoms with E-state index in [1.807, 2.05) is 4.90 Å². The van der Waals surface area contributed by atoms with E-state index in [0.717, 1.165) is 32.1 Å². The normalized spacial score (nSPS) is 25.6. The molecule has 31 heavy (non-hydrogen) atoms. The minimum atomic E-state index is -0.711. The lowest BCUT2D eigenvalue weighted by Gasteiger charge is -2.38. The Morgan fingerprint density at radius 1 is 1.00 bits per heavy atom. The molecule has 1 heterocycles. The molecule has 0 radical (unpaired) electrons. The van der Waals surface area contributed by atoms with E-state index in [1.54, 1.807) is 31.4 Å². The van der Waals surface area contributed by atoms with Gasteiger partial charge < -0.3 is 9.64 Å². The summed E-state index contributed by atoms with van der Waals surface area (Å²) in [5.41, 5.74) is 0.304. The van der Waals surface area contributed by atoms with Gasteiger partial charge >= 0.3 is 0 Å². The van der Waals surface area contributed by atoms with Gasteiger partial charge in [-0.2, -0.15) is 0 Å². The highest BCUT2D eigenvalue weighted by Crippen LogP contribution is 2.69. The number of benzene rings is 1. The Morgan fingerprint density at radius 3 is 2.10 bits per heavy atom. The number of hydrogen-bond acceptors (Lipinski definition) is 4. The SMILES string of the molecule is COc1ccc(N2C(=O)CC(N(C(=O)C3C(C)(C)C3(C)C)C3CCCCC3)C2=O)cc1. The fraction of sp³-hybridized carbons (Fsp3) is 0.640. The quantitative estimate of drug-likeness (QED) is 0.663. The van der Waals surface area contributed by atoms with Crippen molar-refractivity contribution in [2.75, 3.05) is 12.0 Å². The number of amides is 3. The van der Waals surface area contributed by atoms with Gasteiger partial charge in [-0.25, -0.2) is 4.90 Å². The third-order valence-corrected chi connectivity index (χ3v) is 8.28. The third-order valence-electron chi connectivity index (χ3n) is 8.28. The molecule has 4 rings (SSSR count). The summed E-state index contributed by atoms with van der Waals surface area (Å²) in [5, 5.41) is 0. The van der Waals surface area contributed by atoms with Crippen molar-refractivity contribution in [2.24, 2.45) is 16.7 Å². The van der Waals surface area contributed by atoms with Crippen molar-refractivity contribution >= 4 is 23.4 Å². The number of carbonyl (C=O) groups excluding carboxylic acids is 3. The maximum Gasteiger partial charge on any atom is 0.257 e. The van der Waals surface area contributed by atoms with Gasteiger partial charge in [0.15, 0.2) is 0 Å². The Balaban J connectivity index is 1.64. The highest BCUT2D eigenvalue weighted by Gasteiger charge is 2.69. The highest BCUT2D eigenvalue weighted by molar-refractivity contribution is 6.23. The van der Waals surface area contributed by atoms with Crippen LogP contribution >= 0.6 is 0 Å². The first-order valence-electron chi connectivity index (χ1n) is 11.4. The number of ether oxygens (including phenoxy) is 1. The van der Waals surface area contributed by atoms with Crippen molar-refractivity contribution < 1.29 is 19.1 Å². The number of rotatable bonds is 5. The summed E-state index contributed by atoms with van der Waals surface area (Å²) in [6.45, 7) is 8.50. The number of hydrogen-bond donors (Lipinski definition) is 0. The van der Waals surface area contributed by atoms with Crippen molar-refractivity contribution in [1.29, 1.82) is 0 Å². The highest BCUT2D eigenvalue weighted by atomic mass is 16.5. The molecule has 0 aromatic heterocycles. The average Bonchev–Trinajstić information content (AvgIpc) is 2.98. The summed E-state index contributed by atoms with van der Waals surface area (Å²) >= 11 is 0. The summed E-state index contributed by atoms with van der Waals surface area (Å²) in [6.07, 6.45) is 5.14. The second-order valence-corrected chi connectivity index (χ2v) is 10.4. The van der Waals surface area contributed by atoms with E-state index in [1.165, 1.54) is 4.90 Å². The van der Waals surface area contributed by atoms with Gasteiger partial charge in [0.05, 0.1) is 19.2 Å². The van der Waals surface area contributed by atoms with Crippen LogP contribution in [-0.2, 0) is 14.4 Å². The van der Waals surface area contributed by atoms with Crippen LogP contribution in [0, 0.1) is 16.7 Å². The molecule has 1 atom stereocenters. The lowest BCUT2D eigenvalue weighted by molar-refractivity contribution is -0.144. The predicted molar refractivity (Wildman–Crippen MR) is 119 cm³/mol. The molecule has 3 fully saturated rings. The first kappa shape index (κ1) is 21.8. The van der Waals surface area contributed by atoms with Crippen LogP contribution in [0.1, 0.15) is 66.2 Å². The molecule has 1 unspecified atom stereocenters. The summed E-state index contributed by atoms with van der Waals surface area (Å²) in [4.78, 5) is 43.3. The van der Waals surface area contributed by atoms with E-state index >= 15 is 0 Å². The van der Waals surface area contributed by atoms with Crippen molar-refractivity contribution in [3.05, 3.63) is 24.3 Å². The second kappa shape index (κ2) is 7.64. The van der Waals surface area contributed by atoms with Crippen LogP contribution in [0.4, 0.5) is 5.69 Å². The minimum absolute atomic E-state index is 0.0333. The van der Waals surface area contributed by atoms with Crippen LogP contribution in [0.5, 0.6) is 5.75 Å². The standard InChI is InChI=1S/C25H34N2O4/c1-24(2)21(25(24,3)4)23(30)26(16-9-7-6-8-10-16)19-15-20(28)27(22(19)29)17-11-13-18(31-5)14-12-17/h11-14,16,19,21H,6-10,15H2,1-5H3. The molecular formula is C25H34N2O4. The molecule has 6 nitrogen and oxygen atoms in total. The first-order valence-corrected chi connectivity index (χ1v) is 11.4. The summed E-state index contributed by atoms with van der Waals surface area (Å²) in [5.74, 6) is 0.0505. The topological polar surface area (TPSA) is 66.9 Å². The molecule has 1 saturated heterocycles. The van der Waals surface area contributed by atoms with Gasteiger partial charge in [0.1, 0.15) is 11.8 Å². The van der Waals surface area contributed by atoms with Gasteiger partial charge in [0, 0.05) is 12.0 Å². The largest absolute Gasteiger partial charge is 0.497 e. The molecule has 3 aliphatic rings. The van der Waals surface area contributed by atoms with Gasteiger partial charge in [0.2, 0.25) is 11.8 Å². The molecule has 0 N–H and O–H groups in total. The third kappa shape index (κ3) is 3.44. The van der Waals surface area contributed by atoms with Crippen molar-refractivity contribution in [3.8, 4) is 5.75 Å². The van der Waals surface area contributed by atoms with Gasteiger partial charge in [0.25, 0.3) is 5.91 Å². The molecule has 6 heteroatoms. The van der Waals surface area contributed by atoms with Crippen LogP contribution < -0.4 is 9.64 Å². The van der Waals surface area contributed by atoms with Crippen LogP contribution in [0.2, 0.25) is 0 Å². The van der Waals surface area contributed by atoms with Crippen LogP contribution in [0.3, 0.4) is 0 Å². The summed E-state index contributed by atoms with van der Waals surface area (Å²) in [6, 6.07) is 6.24. The van der Waals surface area contributed by atoms with E-state index in [4.69, 9.17) is 4.74 Å². The zero-order chi connectivity index (χ0) is 22.6. The number of anilines is 1. The molecule has 1 aromatic carbocycles. The Morgan fingerprint density at radius 2 is 1.58 bits per heavy atom. The molecule has 2 saturated carbocycles. The summed E-state index contributed by atoms with van der Waals surface area (Å²) < 4.78 is 5.19. The minimum Gasteiger partial charge on any atom is -0.497 e. The molecular weight excluding hydrogens is 392 g/mol. The summed E-state index contributed by atoms with van der Waals surface area (Å²) in [7, 11) is 1.58. The Kier molecular flexibility index (Phi) is 5.39. The zero-order valence-corrected chi connectivity index (χ0v) is 19.3. The first-order chi connectivity index (χ1) is 14.6. The van der Waals surface area contributed by atoms with Crippen molar-refractivity contribution in [1.82, 2.24) is 4.90 Å². The average molecular weight is 427 g/mol. The smallest absolute Gasteiger partial charge is 0.257 e. The zero-order valence-electron chi connectivity index (χ0n) is 19.3. The van der Waals surface area contributed by atoms with E-state index < -0.39 is 6.04 Å². The second-order valence-electron chi connectivity index (χ2n) is 10.4. The Bertz CT molecular complexity index is 869. The maximum atomic E-state index is 13.8. The van der Waals surface area contributed by atoms with E-state index in [2.05, 4.69) is 27.7 Å². The number of nitrogens with zero attached hydrogens (tertiary/aromatic N) is 2. The van der Waals surface area contributed by atoms with E-state index in [0.29, 0.717) is 11.4 Å². The fourth-order valence-electron chi connectivity index (χ4n) is 5.75. The molecule has 168 valence electrons. The number of methoxy groups -OCH3 is 1. The molecule has 1 aromatic rings. The number of imide groups is 1. The monoisotopic (exact) mass is 426 g/mol. The Hall–Kier alpha value is -2.37. The Labute approximate surface area is 184 Å². The van der Waals surface area contributed by atoms with Crippen LogP contribution in [0.25, 0.3) is 0 Å². The molecule has 0 bridgehead atoms.